The van der Waals surface area contributed by atoms with Gasteiger partial charge in [-0.05, 0) is 49.3 Å². The molecule has 0 saturated heterocycles. The molecule has 0 aliphatic heterocycles. The van der Waals surface area contributed by atoms with E-state index in [-0.39, 0.29) is 16.2 Å². The summed E-state index contributed by atoms with van der Waals surface area (Å²) in [6.45, 7) is 0. The third-order valence-electron chi connectivity index (χ3n) is 3.60. The minimum atomic E-state index is -0.337. The number of alkyl halides is 1. The monoisotopic (exact) mass is 274 g/mol. The van der Waals surface area contributed by atoms with Gasteiger partial charge in [0, 0.05) is 5.38 Å². The molecule has 1 unspecified atom stereocenters. The topological polar surface area (TPSA) is 0 Å². The number of hydrogen-bond acceptors (Lipinski definition) is 0. The summed E-state index contributed by atoms with van der Waals surface area (Å²) in [7, 11) is 0. The van der Waals surface area contributed by atoms with Crippen molar-refractivity contribution in [3.8, 4) is 0 Å². The molecule has 0 radical (unpaired) electrons. The highest BCUT2D eigenvalue weighted by Crippen LogP contribution is 2.32. The minimum absolute atomic E-state index is 0.187. The fourth-order valence-corrected chi connectivity index (χ4v) is 3.03. The van der Waals surface area contributed by atoms with E-state index in [1.165, 1.54) is 31.7 Å². The van der Waals surface area contributed by atoms with Crippen molar-refractivity contribution >= 4 is 23.2 Å². The summed E-state index contributed by atoms with van der Waals surface area (Å²) in [4.78, 5) is 0. The zero-order valence-electron chi connectivity index (χ0n) is 9.76. The molecular weight excluding hydrogens is 258 g/mol. The molecule has 1 saturated carbocycles. The number of halogens is 3. The Hall–Kier alpha value is -0.270. The number of hydrogen-bond donors (Lipinski definition) is 0. The van der Waals surface area contributed by atoms with Gasteiger partial charge in [-0.2, -0.15) is 0 Å². The Labute approximate surface area is 112 Å². The summed E-state index contributed by atoms with van der Waals surface area (Å²) in [5, 5.41) is 0.420. The molecule has 0 nitrogen and oxygen atoms in total. The number of benzene rings is 1. The van der Waals surface area contributed by atoms with Crippen LogP contribution in [0.1, 0.15) is 37.7 Å². The second kappa shape index (κ2) is 6.06. The number of aryl methyl sites for hydroxylation is 1. The lowest BCUT2D eigenvalue weighted by atomic mass is 9.98. The second-order valence-electron chi connectivity index (χ2n) is 4.85. The maximum Gasteiger partial charge on any atom is 0.142 e. The van der Waals surface area contributed by atoms with Gasteiger partial charge in [0.05, 0.1) is 5.02 Å². The van der Waals surface area contributed by atoms with E-state index in [9.17, 15) is 4.39 Å². The molecule has 0 aromatic heterocycles. The third-order valence-corrected chi connectivity index (χ3v) is 4.49. The molecule has 0 heterocycles. The Morgan fingerprint density at radius 1 is 1.29 bits per heavy atom. The van der Waals surface area contributed by atoms with Crippen molar-refractivity contribution in [2.75, 3.05) is 0 Å². The standard InChI is InChI=1S/C14H17Cl2F/c15-12(11-3-1-2-4-11)7-5-10-6-8-13(16)14(17)9-10/h6,8-9,11-12H,1-5,7H2. The summed E-state index contributed by atoms with van der Waals surface area (Å²) >= 11 is 12.0. The maximum absolute atomic E-state index is 13.2. The van der Waals surface area contributed by atoms with Crippen LogP contribution in [0.2, 0.25) is 5.02 Å². The average molecular weight is 275 g/mol. The van der Waals surface area contributed by atoms with Crippen LogP contribution in [0.5, 0.6) is 0 Å². The van der Waals surface area contributed by atoms with E-state index >= 15 is 0 Å². The Morgan fingerprint density at radius 2 is 2.00 bits per heavy atom. The summed E-state index contributed by atoms with van der Waals surface area (Å²) in [6.07, 6.45) is 6.88. The molecule has 17 heavy (non-hydrogen) atoms. The second-order valence-corrected chi connectivity index (χ2v) is 5.82. The van der Waals surface area contributed by atoms with Crippen molar-refractivity contribution in [1.82, 2.24) is 0 Å². The van der Waals surface area contributed by atoms with Crippen molar-refractivity contribution < 1.29 is 4.39 Å². The SMILES string of the molecule is Fc1cc(CCC(Cl)C2CCCC2)ccc1Cl. The lowest BCUT2D eigenvalue weighted by Gasteiger charge is -2.16. The third kappa shape index (κ3) is 3.59. The molecule has 0 N–H and O–H groups in total. The van der Waals surface area contributed by atoms with Gasteiger partial charge in [-0.1, -0.05) is 30.5 Å². The molecule has 1 aromatic carbocycles. The number of rotatable bonds is 4. The molecule has 1 aromatic rings. The van der Waals surface area contributed by atoms with Crippen LogP contribution in [0.25, 0.3) is 0 Å². The van der Waals surface area contributed by atoms with Crippen molar-refractivity contribution in [3.05, 3.63) is 34.6 Å². The molecule has 3 heteroatoms. The van der Waals surface area contributed by atoms with Gasteiger partial charge in [0.1, 0.15) is 5.82 Å². The van der Waals surface area contributed by atoms with Gasteiger partial charge in [-0.15, -0.1) is 11.6 Å². The Bertz CT molecular complexity index is 372. The maximum atomic E-state index is 13.2. The van der Waals surface area contributed by atoms with Crippen molar-refractivity contribution in [1.29, 1.82) is 0 Å². The van der Waals surface area contributed by atoms with Gasteiger partial charge >= 0.3 is 0 Å². The smallest absolute Gasteiger partial charge is 0.142 e. The zero-order chi connectivity index (χ0) is 12.3. The normalized spacial score (nSPS) is 18.5. The first-order chi connectivity index (χ1) is 8.16. The van der Waals surface area contributed by atoms with Crippen LogP contribution in [0.3, 0.4) is 0 Å². The van der Waals surface area contributed by atoms with Gasteiger partial charge < -0.3 is 0 Å². The molecule has 0 spiro atoms. The summed E-state index contributed by atoms with van der Waals surface area (Å²) in [5.41, 5.74) is 0.982. The van der Waals surface area contributed by atoms with Crippen molar-refractivity contribution in [3.63, 3.8) is 0 Å². The Balaban J connectivity index is 1.86. The molecule has 1 aliphatic rings. The van der Waals surface area contributed by atoms with E-state index in [0.717, 1.165) is 18.4 Å². The highest BCUT2D eigenvalue weighted by atomic mass is 35.5. The van der Waals surface area contributed by atoms with Crippen LogP contribution in [0.15, 0.2) is 18.2 Å². The van der Waals surface area contributed by atoms with E-state index in [1.54, 1.807) is 6.07 Å². The quantitative estimate of drug-likeness (QED) is 0.662. The Kier molecular flexibility index (Phi) is 4.69. The molecule has 1 atom stereocenters. The van der Waals surface area contributed by atoms with E-state index in [1.807, 2.05) is 6.07 Å². The summed E-state index contributed by atoms with van der Waals surface area (Å²) < 4.78 is 13.2. The van der Waals surface area contributed by atoms with Crippen LogP contribution in [0, 0.1) is 11.7 Å². The van der Waals surface area contributed by atoms with E-state index in [0.29, 0.717) is 5.92 Å². The lowest BCUT2D eigenvalue weighted by molar-refractivity contribution is 0.492. The van der Waals surface area contributed by atoms with Gasteiger partial charge in [0.15, 0.2) is 0 Å². The fraction of sp³-hybridized carbons (Fsp3) is 0.571. The van der Waals surface area contributed by atoms with Crippen molar-refractivity contribution in [2.24, 2.45) is 5.92 Å². The zero-order valence-corrected chi connectivity index (χ0v) is 11.3. The van der Waals surface area contributed by atoms with E-state index < -0.39 is 0 Å². The van der Waals surface area contributed by atoms with Crippen molar-refractivity contribution in [2.45, 2.75) is 43.9 Å². The van der Waals surface area contributed by atoms with Crippen LogP contribution in [-0.4, -0.2) is 5.38 Å². The largest absolute Gasteiger partial charge is 0.205 e. The minimum Gasteiger partial charge on any atom is -0.205 e. The summed E-state index contributed by atoms with van der Waals surface area (Å²) in [6, 6.07) is 5.01. The lowest BCUT2D eigenvalue weighted by Crippen LogP contribution is -2.12. The fourth-order valence-electron chi connectivity index (χ4n) is 2.55. The summed E-state index contributed by atoms with van der Waals surface area (Å²) in [5.74, 6) is 0.324. The van der Waals surface area contributed by atoms with Gasteiger partial charge in [0.2, 0.25) is 0 Å². The molecule has 2 rings (SSSR count). The van der Waals surface area contributed by atoms with Gasteiger partial charge in [-0.25, -0.2) is 4.39 Å². The first-order valence-electron chi connectivity index (χ1n) is 6.25. The Morgan fingerprint density at radius 3 is 2.65 bits per heavy atom. The molecule has 1 aliphatic carbocycles. The van der Waals surface area contributed by atoms with E-state index in [4.69, 9.17) is 23.2 Å². The van der Waals surface area contributed by atoms with Crippen LogP contribution in [0.4, 0.5) is 4.39 Å². The van der Waals surface area contributed by atoms with Crippen LogP contribution < -0.4 is 0 Å². The van der Waals surface area contributed by atoms with E-state index in [2.05, 4.69) is 0 Å². The molecule has 0 bridgehead atoms. The molecule has 94 valence electrons. The van der Waals surface area contributed by atoms with Crippen LogP contribution >= 0.6 is 23.2 Å². The highest BCUT2D eigenvalue weighted by molar-refractivity contribution is 6.30. The predicted molar refractivity (Wildman–Crippen MR) is 71.3 cm³/mol. The van der Waals surface area contributed by atoms with Gasteiger partial charge in [0.25, 0.3) is 0 Å². The first kappa shape index (κ1) is 13.2. The molecular formula is C14H17Cl2F. The molecule has 1 fully saturated rings. The predicted octanol–water partition coefficient (Wildman–Crippen LogP) is 5.21. The highest BCUT2D eigenvalue weighted by Gasteiger charge is 2.22. The molecule has 0 amide bonds. The average Bonchev–Trinajstić information content (AvgIpc) is 2.84. The van der Waals surface area contributed by atoms with Gasteiger partial charge in [-0.3, -0.25) is 0 Å². The van der Waals surface area contributed by atoms with Crippen LogP contribution in [-0.2, 0) is 6.42 Å². The first-order valence-corrected chi connectivity index (χ1v) is 7.06.